The number of hydrogen-bond acceptors (Lipinski definition) is 2. The Labute approximate surface area is 429 Å². The van der Waals surface area contributed by atoms with Crippen molar-refractivity contribution in [3.05, 3.63) is 287 Å². The van der Waals surface area contributed by atoms with E-state index in [4.69, 9.17) is 0 Å². The van der Waals surface area contributed by atoms with Crippen molar-refractivity contribution in [1.82, 2.24) is 0 Å². The minimum absolute atomic E-state index is 0.145. The molecule has 73 heavy (non-hydrogen) atoms. The lowest BCUT2D eigenvalue weighted by molar-refractivity contribution is 0.660. The first-order valence-electron chi connectivity index (χ1n) is 26.1. The van der Waals surface area contributed by atoms with Crippen molar-refractivity contribution in [3.8, 4) is 33.4 Å². The highest BCUT2D eigenvalue weighted by molar-refractivity contribution is 6.11. The molecule has 4 aliphatic carbocycles. The van der Waals surface area contributed by atoms with E-state index in [2.05, 4.69) is 280 Å². The maximum atomic E-state index is 2.57. The number of benzene rings is 10. The van der Waals surface area contributed by atoms with Crippen molar-refractivity contribution < 1.29 is 0 Å². The van der Waals surface area contributed by atoms with Crippen LogP contribution in [0.2, 0.25) is 0 Å². The van der Waals surface area contributed by atoms with Gasteiger partial charge in [0.05, 0.1) is 11.1 Å². The van der Waals surface area contributed by atoms with E-state index in [1.807, 2.05) is 0 Å². The van der Waals surface area contributed by atoms with Crippen LogP contribution in [-0.2, 0) is 16.2 Å². The molecule has 0 N–H and O–H groups in total. The minimum Gasteiger partial charge on any atom is -0.310 e. The second kappa shape index (κ2) is 16.3. The van der Waals surface area contributed by atoms with Crippen molar-refractivity contribution >= 4 is 44.9 Å². The molecule has 0 fully saturated rings. The molecular formula is C71H56N2. The Bertz CT molecular complexity index is 3910. The summed E-state index contributed by atoms with van der Waals surface area (Å²) in [5.41, 5.74) is 24.3. The molecule has 0 bridgehead atoms. The summed E-state index contributed by atoms with van der Waals surface area (Å²) < 4.78 is 0. The van der Waals surface area contributed by atoms with E-state index >= 15 is 0 Å². The van der Waals surface area contributed by atoms with E-state index in [9.17, 15) is 0 Å². The van der Waals surface area contributed by atoms with Crippen LogP contribution in [0.15, 0.2) is 248 Å². The first kappa shape index (κ1) is 43.3. The maximum Gasteiger partial charge on any atom is 0.0712 e. The lowest BCUT2D eigenvalue weighted by atomic mass is 9.66. The third-order valence-electron chi connectivity index (χ3n) is 16.9. The van der Waals surface area contributed by atoms with E-state index in [0.29, 0.717) is 0 Å². The summed E-state index contributed by atoms with van der Waals surface area (Å²) in [7, 11) is 0. The zero-order chi connectivity index (χ0) is 49.1. The first-order valence-corrected chi connectivity index (χ1v) is 26.1. The average Bonchev–Trinajstić information content (AvgIpc) is 3.95. The lowest BCUT2D eigenvalue weighted by Gasteiger charge is -2.37. The molecule has 0 heterocycles. The van der Waals surface area contributed by atoms with E-state index in [1.54, 1.807) is 0 Å². The van der Waals surface area contributed by atoms with Gasteiger partial charge in [0.25, 0.3) is 0 Å². The van der Waals surface area contributed by atoms with Crippen LogP contribution in [0.1, 0.15) is 79.5 Å². The molecule has 14 rings (SSSR count). The molecule has 2 heteroatoms. The Balaban J connectivity index is 1.07. The standard InChI is InChI=1S/C71H56N2/c1-69(2)61-35-21-19-33-56(61)58-40-37-52(44-63(58)69)72(50-28-13-7-14-29-50)53-39-42-60-65(46-53)71(48-24-9-5-10-25-48,49-26-11-6-12-27-49)66-43-47-23-17-18-32-55(47)68(67(60)66)73(51-30-15-8-16-31-51)54-38-41-59-57-34-20-22-36-62(57)70(3,4)64(59)45-54/h5,7-11,13-46H,6,12H2,1-4H3. The summed E-state index contributed by atoms with van der Waals surface area (Å²) in [5.74, 6) is 0. The fraction of sp³-hybridized carbons (Fsp3) is 0.127. The van der Waals surface area contributed by atoms with Crippen LogP contribution in [0.5, 0.6) is 0 Å². The molecule has 1 unspecified atom stereocenters. The van der Waals surface area contributed by atoms with Gasteiger partial charge in [-0.2, -0.15) is 0 Å². The second-order valence-corrected chi connectivity index (χ2v) is 21.5. The number of hydrogen-bond donors (Lipinski definition) is 0. The van der Waals surface area contributed by atoms with E-state index in [0.717, 1.165) is 41.3 Å². The van der Waals surface area contributed by atoms with Crippen molar-refractivity contribution in [2.75, 3.05) is 9.80 Å². The summed E-state index contributed by atoms with van der Waals surface area (Å²) in [4.78, 5) is 5.06. The molecule has 10 aromatic rings. The summed E-state index contributed by atoms with van der Waals surface area (Å²) in [6, 6.07) is 84.7. The molecule has 0 spiro atoms. The smallest absolute Gasteiger partial charge is 0.0712 e. The fourth-order valence-electron chi connectivity index (χ4n) is 13.5. The van der Waals surface area contributed by atoms with E-state index in [-0.39, 0.29) is 10.8 Å². The SMILES string of the molecule is CC1(C)c2ccccc2-c2ccc(N(c3ccccc3)c3ccc4c(c3)C(C3=CCCC=C3)(c3ccccc3)c3cc5ccccc5c(N(c5ccccc5)c5ccc6c(c5)C(C)(C)c5ccccc5-6)c3-4)cc21. The average molecular weight is 937 g/mol. The number of anilines is 6. The third-order valence-corrected chi connectivity index (χ3v) is 16.9. The van der Waals surface area contributed by atoms with Gasteiger partial charge in [0.15, 0.2) is 0 Å². The lowest BCUT2D eigenvalue weighted by Crippen LogP contribution is -2.30. The Morgan fingerprint density at radius 1 is 0.356 bits per heavy atom. The van der Waals surface area contributed by atoms with Gasteiger partial charge in [-0.15, -0.1) is 0 Å². The Hall–Kier alpha value is -8.46. The zero-order valence-electron chi connectivity index (χ0n) is 41.9. The van der Waals surface area contributed by atoms with Crippen LogP contribution in [0.25, 0.3) is 44.2 Å². The topological polar surface area (TPSA) is 6.48 Å². The summed E-state index contributed by atoms with van der Waals surface area (Å²) in [6.45, 7) is 9.53. The van der Waals surface area contributed by atoms with Gasteiger partial charge in [0, 0.05) is 50.2 Å². The van der Waals surface area contributed by atoms with Crippen LogP contribution in [0.4, 0.5) is 34.1 Å². The molecule has 4 aliphatic rings. The molecular weight excluding hydrogens is 881 g/mol. The maximum absolute atomic E-state index is 2.57. The van der Waals surface area contributed by atoms with Crippen molar-refractivity contribution in [1.29, 1.82) is 0 Å². The van der Waals surface area contributed by atoms with Crippen LogP contribution in [-0.4, -0.2) is 0 Å². The largest absolute Gasteiger partial charge is 0.310 e. The summed E-state index contributed by atoms with van der Waals surface area (Å²) in [5, 5.41) is 2.43. The van der Waals surface area contributed by atoms with E-state index in [1.165, 1.54) is 94.4 Å². The number of nitrogens with zero attached hydrogens (tertiary/aromatic N) is 2. The van der Waals surface area contributed by atoms with Gasteiger partial charge in [-0.25, -0.2) is 0 Å². The van der Waals surface area contributed by atoms with Crippen LogP contribution < -0.4 is 9.80 Å². The molecule has 0 saturated carbocycles. The van der Waals surface area contributed by atoms with Crippen molar-refractivity contribution in [2.24, 2.45) is 0 Å². The van der Waals surface area contributed by atoms with Gasteiger partial charge in [0.1, 0.15) is 0 Å². The van der Waals surface area contributed by atoms with Crippen molar-refractivity contribution in [3.63, 3.8) is 0 Å². The van der Waals surface area contributed by atoms with Crippen LogP contribution >= 0.6 is 0 Å². The monoisotopic (exact) mass is 936 g/mol. The molecule has 2 nitrogen and oxygen atoms in total. The Kier molecular flexibility index (Phi) is 9.67. The number of para-hydroxylation sites is 2. The van der Waals surface area contributed by atoms with Gasteiger partial charge < -0.3 is 9.80 Å². The first-order chi connectivity index (χ1) is 35.7. The Morgan fingerprint density at radius 2 is 0.836 bits per heavy atom. The molecule has 0 amide bonds. The minimum atomic E-state index is -0.647. The Morgan fingerprint density at radius 3 is 1.42 bits per heavy atom. The quantitative estimate of drug-likeness (QED) is 0.150. The predicted octanol–water partition coefficient (Wildman–Crippen LogP) is 19.0. The summed E-state index contributed by atoms with van der Waals surface area (Å²) >= 11 is 0. The van der Waals surface area contributed by atoms with Gasteiger partial charge in [-0.1, -0.05) is 204 Å². The van der Waals surface area contributed by atoms with Crippen LogP contribution in [0, 0.1) is 0 Å². The van der Waals surface area contributed by atoms with Crippen LogP contribution in [0.3, 0.4) is 0 Å². The second-order valence-electron chi connectivity index (χ2n) is 21.5. The normalized spacial score (nSPS) is 17.0. The molecule has 1 atom stereocenters. The van der Waals surface area contributed by atoms with Gasteiger partial charge in [-0.05, 0) is 157 Å². The predicted molar refractivity (Wildman–Crippen MR) is 307 cm³/mol. The molecule has 0 radical (unpaired) electrons. The highest BCUT2D eigenvalue weighted by Gasteiger charge is 2.49. The molecule has 0 aliphatic heterocycles. The number of allylic oxidation sites excluding steroid dienone is 4. The van der Waals surface area contributed by atoms with Gasteiger partial charge in [-0.3, -0.25) is 0 Å². The fourth-order valence-corrected chi connectivity index (χ4v) is 13.5. The third kappa shape index (κ3) is 6.29. The zero-order valence-corrected chi connectivity index (χ0v) is 41.9. The highest BCUT2D eigenvalue weighted by Crippen LogP contribution is 2.63. The van der Waals surface area contributed by atoms with Gasteiger partial charge in [0.2, 0.25) is 0 Å². The molecule has 350 valence electrons. The number of fused-ring (bicyclic) bond motifs is 10. The number of rotatable bonds is 8. The molecule has 0 aromatic heterocycles. The molecule has 0 saturated heterocycles. The summed E-state index contributed by atoms with van der Waals surface area (Å²) in [6.07, 6.45) is 9.36. The van der Waals surface area contributed by atoms with Crippen molar-refractivity contribution in [2.45, 2.75) is 56.8 Å². The van der Waals surface area contributed by atoms with Gasteiger partial charge >= 0.3 is 0 Å². The van der Waals surface area contributed by atoms with E-state index < -0.39 is 5.41 Å². The molecule has 10 aromatic carbocycles. The highest BCUT2D eigenvalue weighted by atomic mass is 15.2.